The highest BCUT2D eigenvalue weighted by molar-refractivity contribution is 6.33. The van der Waals surface area contributed by atoms with Crippen molar-refractivity contribution in [2.45, 2.75) is 51.0 Å². The van der Waals surface area contributed by atoms with E-state index in [1.807, 2.05) is 6.07 Å². The van der Waals surface area contributed by atoms with E-state index >= 15 is 0 Å². The molecule has 2 fully saturated rings. The lowest BCUT2D eigenvalue weighted by molar-refractivity contribution is 0.0350. The minimum absolute atomic E-state index is 0.338. The fraction of sp³-hybridized carbons (Fsp3) is 0.647. The Balaban J connectivity index is 1.74. The molecular weight excluding hydrogens is 291 g/mol. The summed E-state index contributed by atoms with van der Waals surface area (Å²) in [6.45, 7) is 0. The van der Waals surface area contributed by atoms with Crippen LogP contribution in [0.1, 0.15) is 56.6 Å². The van der Waals surface area contributed by atoms with Crippen molar-refractivity contribution >= 4 is 23.2 Å². The Kier molecular flexibility index (Phi) is 4.59. The average molecular weight is 313 g/mol. The molecule has 2 saturated carbocycles. The van der Waals surface area contributed by atoms with E-state index in [0.29, 0.717) is 16.0 Å². The van der Waals surface area contributed by atoms with Gasteiger partial charge in [0.05, 0.1) is 6.10 Å². The van der Waals surface area contributed by atoms with Crippen LogP contribution in [0.25, 0.3) is 0 Å². The largest absolute Gasteiger partial charge is 0.388 e. The van der Waals surface area contributed by atoms with Crippen LogP contribution in [0.3, 0.4) is 0 Å². The summed E-state index contributed by atoms with van der Waals surface area (Å²) in [6.07, 6.45) is 8.56. The molecule has 0 spiro atoms. The molecule has 3 rings (SSSR count). The SMILES string of the molecule is OC(c1cc(Cl)ccc1Cl)C1CCC2CCCCC2C1. The van der Waals surface area contributed by atoms with Gasteiger partial charge in [-0.15, -0.1) is 0 Å². The third-order valence-corrected chi connectivity index (χ3v) is 5.88. The fourth-order valence-corrected chi connectivity index (χ4v) is 4.60. The van der Waals surface area contributed by atoms with Crippen molar-refractivity contribution in [2.75, 3.05) is 0 Å². The normalized spacial score (nSPS) is 31.6. The first-order valence-corrected chi connectivity index (χ1v) is 8.53. The number of rotatable bonds is 2. The van der Waals surface area contributed by atoms with Crippen molar-refractivity contribution in [3.8, 4) is 0 Å². The minimum Gasteiger partial charge on any atom is -0.388 e. The lowest BCUT2D eigenvalue weighted by Gasteiger charge is -2.41. The molecule has 3 heteroatoms. The Hall–Kier alpha value is -0.240. The van der Waals surface area contributed by atoms with Gasteiger partial charge in [0.25, 0.3) is 0 Å². The van der Waals surface area contributed by atoms with E-state index in [0.717, 1.165) is 30.2 Å². The van der Waals surface area contributed by atoms with E-state index in [2.05, 4.69) is 0 Å². The maximum atomic E-state index is 10.7. The zero-order valence-corrected chi connectivity index (χ0v) is 13.2. The molecule has 0 bridgehead atoms. The van der Waals surface area contributed by atoms with E-state index in [-0.39, 0.29) is 0 Å². The maximum Gasteiger partial charge on any atom is 0.0833 e. The van der Waals surface area contributed by atoms with Gasteiger partial charge in [0.2, 0.25) is 0 Å². The van der Waals surface area contributed by atoms with Crippen molar-refractivity contribution in [2.24, 2.45) is 17.8 Å². The molecule has 110 valence electrons. The van der Waals surface area contributed by atoms with Crippen LogP contribution in [0.2, 0.25) is 10.0 Å². The quantitative estimate of drug-likeness (QED) is 0.750. The highest BCUT2D eigenvalue weighted by Crippen LogP contribution is 2.47. The molecule has 0 saturated heterocycles. The molecule has 1 nitrogen and oxygen atoms in total. The van der Waals surface area contributed by atoms with Crippen molar-refractivity contribution in [3.63, 3.8) is 0 Å². The number of aliphatic hydroxyl groups is 1. The summed E-state index contributed by atoms with van der Waals surface area (Å²) in [7, 11) is 0. The first-order valence-electron chi connectivity index (χ1n) is 7.78. The second kappa shape index (κ2) is 6.25. The molecule has 0 radical (unpaired) electrons. The van der Waals surface area contributed by atoms with Gasteiger partial charge < -0.3 is 5.11 Å². The molecule has 0 aliphatic heterocycles. The number of hydrogen-bond donors (Lipinski definition) is 1. The summed E-state index contributed by atoms with van der Waals surface area (Å²) >= 11 is 12.3. The summed E-state index contributed by atoms with van der Waals surface area (Å²) in [5.74, 6) is 2.06. The van der Waals surface area contributed by atoms with E-state index in [9.17, 15) is 5.11 Å². The van der Waals surface area contributed by atoms with Crippen LogP contribution in [0.15, 0.2) is 18.2 Å². The smallest absolute Gasteiger partial charge is 0.0833 e. The lowest BCUT2D eigenvalue weighted by Crippen LogP contribution is -2.30. The van der Waals surface area contributed by atoms with Gasteiger partial charge in [-0.3, -0.25) is 0 Å². The summed E-state index contributed by atoms with van der Waals surface area (Å²) in [5, 5.41) is 12.0. The molecule has 4 unspecified atom stereocenters. The van der Waals surface area contributed by atoms with Crippen LogP contribution in [0, 0.1) is 17.8 Å². The fourth-order valence-electron chi connectivity index (χ4n) is 4.19. The Bertz CT molecular complexity index is 474. The second-order valence-corrected chi connectivity index (χ2v) is 7.33. The first-order chi connectivity index (χ1) is 9.65. The third-order valence-electron chi connectivity index (χ3n) is 5.30. The van der Waals surface area contributed by atoms with Crippen LogP contribution >= 0.6 is 23.2 Å². The molecule has 0 amide bonds. The molecule has 0 heterocycles. The molecule has 1 aromatic rings. The van der Waals surface area contributed by atoms with Gasteiger partial charge in [-0.05, 0) is 55.2 Å². The van der Waals surface area contributed by atoms with E-state index in [4.69, 9.17) is 23.2 Å². The predicted molar refractivity (Wildman–Crippen MR) is 84.2 cm³/mol. The molecule has 2 aliphatic rings. The lowest BCUT2D eigenvalue weighted by atomic mass is 9.66. The molecular formula is C17H22Cl2O. The minimum atomic E-state index is -0.468. The summed E-state index contributed by atoms with van der Waals surface area (Å²) in [4.78, 5) is 0. The van der Waals surface area contributed by atoms with Gasteiger partial charge in [0.1, 0.15) is 0 Å². The van der Waals surface area contributed by atoms with Gasteiger partial charge in [0.15, 0.2) is 0 Å². The van der Waals surface area contributed by atoms with Crippen molar-refractivity contribution < 1.29 is 5.11 Å². The first kappa shape index (κ1) is 14.7. The number of aliphatic hydroxyl groups excluding tert-OH is 1. The number of benzene rings is 1. The zero-order valence-electron chi connectivity index (χ0n) is 11.7. The van der Waals surface area contributed by atoms with E-state index in [1.54, 1.807) is 12.1 Å². The standard InChI is InChI=1S/C17H22Cl2O/c18-14-7-8-16(19)15(10-14)17(20)13-6-5-11-3-1-2-4-12(11)9-13/h7-8,10-13,17,20H,1-6,9H2. The van der Waals surface area contributed by atoms with E-state index in [1.165, 1.54) is 32.1 Å². The van der Waals surface area contributed by atoms with Crippen LogP contribution in [0.4, 0.5) is 0 Å². The third kappa shape index (κ3) is 3.00. The van der Waals surface area contributed by atoms with Gasteiger partial charge in [-0.25, -0.2) is 0 Å². The molecule has 1 N–H and O–H groups in total. The Morgan fingerprint density at radius 2 is 1.75 bits per heavy atom. The molecule has 1 aromatic carbocycles. The van der Waals surface area contributed by atoms with Crippen LogP contribution < -0.4 is 0 Å². The molecule has 2 aliphatic carbocycles. The predicted octanol–water partition coefficient (Wildman–Crippen LogP) is 5.63. The molecule has 4 atom stereocenters. The molecule has 0 aromatic heterocycles. The van der Waals surface area contributed by atoms with Crippen molar-refractivity contribution in [1.29, 1.82) is 0 Å². The molecule has 20 heavy (non-hydrogen) atoms. The van der Waals surface area contributed by atoms with Crippen molar-refractivity contribution in [3.05, 3.63) is 33.8 Å². The van der Waals surface area contributed by atoms with E-state index < -0.39 is 6.10 Å². The van der Waals surface area contributed by atoms with Gasteiger partial charge >= 0.3 is 0 Å². The summed E-state index contributed by atoms with van der Waals surface area (Å²) in [5.41, 5.74) is 0.804. The highest BCUT2D eigenvalue weighted by Gasteiger charge is 2.35. The van der Waals surface area contributed by atoms with Gasteiger partial charge in [-0.2, -0.15) is 0 Å². The Morgan fingerprint density at radius 1 is 1.00 bits per heavy atom. The monoisotopic (exact) mass is 312 g/mol. The Labute approximate surface area is 131 Å². The van der Waals surface area contributed by atoms with Gasteiger partial charge in [-0.1, -0.05) is 48.9 Å². The van der Waals surface area contributed by atoms with Crippen LogP contribution in [-0.4, -0.2) is 5.11 Å². The second-order valence-electron chi connectivity index (χ2n) is 6.49. The number of fused-ring (bicyclic) bond motifs is 1. The van der Waals surface area contributed by atoms with Crippen LogP contribution in [0.5, 0.6) is 0 Å². The maximum absolute atomic E-state index is 10.7. The topological polar surface area (TPSA) is 20.2 Å². The summed E-state index contributed by atoms with van der Waals surface area (Å²) < 4.78 is 0. The van der Waals surface area contributed by atoms with Gasteiger partial charge in [0, 0.05) is 15.6 Å². The van der Waals surface area contributed by atoms with Crippen molar-refractivity contribution in [1.82, 2.24) is 0 Å². The Morgan fingerprint density at radius 3 is 2.55 bits per heavy atom. The zero-order chi connectivity index (χ0) is 14.1. The highest BCUT2D eigenvalue weighted by atomic mass is 35.5. The van der Waals surface area contributed by atoms with Crippen LogP contribution in [-0.2, 0) is 0 Å². The summed E-state index contributed by atoms with van der Waals surface area (Å²) in [6, 6.07) is 5.38. The number of hydrogen-bond acceptors (Lipinski definition) is 1. The number of halogens is 2. The average Bonchev–Trinajstić information content (AvgIpc) is 2.48.